The van der Waals surface area contributed by atoms with E-state index < -0.39 is 5.41 Å². The number of hydrogen-bond donors (Lipinski definition) is 0. The highest BCUT2D eigenvalue weighted by molar-refractivity contribution is 5.67. The molecule has 0 saturated heterocycles. The van der Waals surface area contributed by atoms with Gasteiger partial charge in [0.15, 0.2) is 0 Å². The summed E-state index contributed by atoms with van der Waals surface area (Å²) in [5.41, 5.74) is 4.74. The van der Waals surface area contributed by atoms with Crippen molar-refractivity contribution in [3.8, 4) is 23.0 Å². The lowest BCUT2D eigenvalue weighted by Crippen LogP contribution is -2.37. The molecule has 34 heavy (non-hydrogen) atoms. The Hall–Kier alpha value is -3.70. The Kier molecular flexibility index (Phi) is 5.80. The number of methoxy groups -OCH3 is 4. The first-order valence-corrected chi connectivity index (χ1v) is 11.2. The van der Waals surface area contributed by atoms with Crippen molar-refractivity contribution >= 4 is 6.08 Å². The predicted octanol–water partition coefficient (Wildman–Crippen LogP) is 5.73. The summed E-state index contributed by atoms with van der Waals surface area (Å²) in [6.45, 7) is 0.411. The Morgan fingerprint density at radius 2 is 1.35 bits per heavy atom. The Labute approximate surface area is 200 Å². The maximum Gasteiger partial charge on any atom is 0.127 e. The molecule has 1 aliphatic carbocycles. The third-order valence-electron chi connectivity index (χ3n) is 6.71. The third kappa shape index (κ3) is 3.53. The van der Waals surface area contributed by atoms with Crippen molar-refractivity contribution in [2.24, 2.45) is 0 Å². The summed E-state index contributed by atoms with van der Waals surface area (Å²) in [6, 6.07) is 20.2. The fraction of sp³-hybridized carbons (Fsp3) is 0.241. The molecule has 0 saturated carbocycles. The van der Waals surface area contributed by atoms with Crippen LogP contribution in [0, 0.1) is 0 Å². The minimum absolute atomic E-state index is 0.122. The lowest BCUT2D eigenvalue weighted by molar-refractivity contribution is 0.0444. The van der Waals surface area contributed by atoms with Crippen molar-refractivity contribution < 1.29 is 23.7 Å². The fourth-order valence-electron chi connectivity index (χ4n) is 5.00. The van der Waals surface area contributed by atoms with E-state index in [1.54, 1.807) is 28.4 Å². The predicted molar refractivity (Wildman–Crippen MR) is 132 cm³/mol. The molecule has 3 aromatic rings. The molecule has 5 heteroatoms. The average Bonchev–Trinajstić information content (AvgIpc) is 2.91. The van der Waals surface area contributed by atoms with Crippen LogP contribution >= 0.6 is 0 Å². The topological polar surface area (TPSA) is 46.2 Å². The monoisotopic (exact) mass is 456 g/mol. The standard InChI is InChI=1S/C29H28O5/c1-30-21-11-13-24(26(15-21)32-3)29(25-14-12-22(31-2)16-27(25)33-4)17-20-10-9-19-7-5-6-8-23(19)28(20)34-18-29/h5-17,28H,18H2,1-4H3. The SMILES string of the molecule is COc1ccc(C2(c3ccc(OC)cc3OC)C=C3C=Cc4ccccc4C3OC2)c(OC)c1. The largest absolute Gasteiger partial charge is 0.497 e. The number of hydrogen-bond acceptors (Lipinski definition) is 5. The zero-order valence-corrected chi connectivity index (χ0v) is 19.8. The van der Waals surface area contributed by atoms with Crippen LogP contribution in [0.3, 0.4) is 0 Å². The molecule has 0 bridgehead atoms. The smallest absolute Gasteiger partial charge is 0.127 e. The van der Waals surface area contributed by atoms with Gasteiger partial charge in [-0.15, -0.1) is 0 Å². The molecule has 1 aliphatic heterocycles. The first-order chi connectivity index (χ1) is 16.6. The van der Waals surface area contributed by atoms with Gasteiger partial charge in [0.05, 0.1) is 40.5 Å². The summed E-state index contributed by atoms with van der Waals surface area (Å²) in [5, 5.41) is 0. The van der Waals surface area contributed by atoms with Gasteiger partial charge < -0.3 is 23.7 Å². The van der Waals surface area contributed by atoms with E-state index in [4.69, 9.17) is 23.7 Å². The molecule has 1 heterocycles. The Bertz CT molecular complexity index is 1220. The first-order valence-electron chi connectivity index (χ1n) is 11.2. The van der Waals surface area contributed by atoms with Crippen LogP contribution in [0.4, 0.5) is 0 Å². The van der Waals surface area contributed by atoms with Crippen molar-refractivity contribution in [3.05, 3.63) is 101 Å². The zero-order valence-electron chi connectivity index (χ0n) is 19.8. The van der Waals surface area contributed by atoms with Crippen LogP contribution in [-0.2, 0) is 10.2 Å². The minimum atomic E-state index is -0.655. The summed E-state index contributed by atoms with van der Waals surface area (Å²) < 4.78 is 29.3. The van der Waals surface area contributed by atoms with E-state index in [1.807, 2.05) is 36.4 Å². The van der Waals surface area contributed by atoms with Crippen LogP contribution < -0.4 is 18.9 Å². The molecule has 0 radical (unpaired) electrons. The third-order valence-corrected chi connectivity index (χ3v) is 6.71. The number of rotatable bonds is 6. The van der Waals surface area contributed by atoms with E-state index in [-0.39, 0.29) is 6.10 Å². The second kappa shape index (κ2) is 8.92. The molecule has 0 fully saturated rings. The molecule has 1 unspecified atom stereocenters. The molecule has 0 aromatic heterocycles. The van der Waals surface area contributed by atoms with Crippen molar-refractivity contribution in [1.29, 1.82) is 0 Å². The molecule has 5 rings (SSSR count). The van der Waals surface area contributed by atoms with E-state index in [1.165, 1.54) is 11.1 Å². The van der Waals surface area contributed by atoms with Gasteiger partial charge in [-0.1, -0.05) is 54.6 Å². The van der Waals surface area contributed by atoms with Crippen molar-refractivity contribution in [1.82, 2.24) is 0 Å². The summed E-state index contributed by atoms with van der Waals surface area (Å²) in [7, 11) is 6.65. The van der Waals surface area contributed by atoms with Gasteiger partial charge in [-0.05, 0) is 28.8 Å². The Morgan fingerprint density at radius 1 is 0.735 bits per heavy atom. The van der Waals surface area contributed by atoms with Crippen molar-refractivity contribution in [3.63, 3.8) is 0 Å². The molecular weight excluding hydrogens is 428 g/mol. The van der Waals surface area contributed by atoms with E-state index in [2.05, 4.69) is 42.5 Å². The quantitative estimate of drug-likeness (QED) is 0.474. The highest BCUT2D eigenvalue weighted by atomic mass is 16.5. The van der Waals surface area contributed by atoms with E-state index in [0.29, 0.717) is 6.61 Å². The summed E-state index contributed by atoms with van der Waals surface area (Å²) in [6.07, 6.45) is 6.46. The van der Waals surface area contributed by atoms with E-state index >= 15 is 0 Å². The van der Waals surface area contributed by atoms with E-state index in [9.17, 15) is 0 Å². The van der Waals surface area contributed by atoms with Gasteiger partial charge in [0.1, 0.15) is 29.1 Å². The molecule has 5 nitrogen and oxygen atoms in total. The normalized spacial score (nSPS) is 17.8. The van der Waals surface area contributed by atoms with Crippen LogP contribution in [0.1, 0.15) is 28.4 Å². The lowest BCUT2D eigenvalue weighted by atomic mass is 9.70. The van der Waals surface area contributed by atoms with Crippen molar-refractivity contribution in [2.75, 3.05) is 35.0 Å². The van der Waals surface area contributed by atoms with Gasteiger partial charge in [-0.25, -0.2) is 0 Å². The molecule has 3 aromatic carbocycles. The highest BCUT2D eigenvalue weighted by Crippen LogP contribution is 2.51. The van der Waals surface area contributed by atoms with Crippen LogP contribution in [-0.4, -0.2) is 35.0 Å². The Balaban J connectivity index is 1.76. The summed E-state index contributed by atoms with van der Waals surface area (Å²) in [4.78, 5) is 0. The highest BCUT2D eigenvalue weighted by Gasteiger charge is 2.43. The molecule has 0 amide bonds. The van der Waals surface area contributed by atoms with Crippen LogP contribution in [0.25, 0.3) is 6.08 Å². The maximum atomic E-state index is 6.65. The summed E-state index contributed by atoms with van der Waals surface area (Å²) in [5.74, 6) is 2.89. The van der Waals surface area contributed by atoms with Crippen molar-refractivity contribution in [2.45, 2.75) is 11.5 Å². The van der Waals surface area contributed by atoms with Gasteiger partial charge in [0.2, 0.25) is 0 Å². The second-order valence-electron chi connectivity index (χ2n) is 8.40. The average molecular weight is 457 g/mol. The second-order valence-corrected chi connectivity index (χ2v) is 8.40. The Morgan fingerprint density at radius 3 is 1.94 bits per heavy atom. The molecular formula is C29H28O5. The van der Waals surface area contributed by atoms with Gasteiger partial charge in [0.25, 0.3) is 0 Å². The number of fused-ring (bicyclic) bond motifs is 3. The van der Waals surface area contributed by atoms with Crippen LogP contribution in [0.2, 0.25) is 0 Å². The molecule has 1 atom stereocenters. The maximum absolute atomic E-state index is 6.65. The zero-order chi connectivity index (χ0) is 23.7. The van der Waals surface area contributed by atoms with Gasteiger partial charge >= 0.3 is 0 Å². The van der Waals surface area contributed by atoms with Crippen LogP contribution in [0.5, 0.6) is 23.0 Å². The molecule has 2 aliphatic rings. The van der Waals surface area contributed by atoms with Gasteiger partial charge in [-0.3, -0.25) is 0 Å². The number of ether oxygens (including phenoxy) is 5. The molecule has 0 N–H and O–H groups in total. The van der Waals surface area contributed by atoms with Gasteiger partial charge in [0, 0.05) is 23.3 Å². The lowest BCUT2D eigenvalue weighted by Gasteiger charge is -2.41. The number of benzene rings is 3. The van der Waals surface area contributed by atoms with Gasteiger partial charge in [-0.2, -0.15) is 0 Å². The summed E-state index contributed by atoms with van der Waals surface area (Å²) >= 11 is 0. The van der Waals surface area contributed by atoms with E-state index in [0.717, 1.165) is 39.7 Å². The molecule has 0 spiro atoms. The van der Waals surface area contributed by atoms with Crippen LogP contribution in [0.15, 0.2) is 78.4 Å². The fourth-order valence-corrected chi connectivity index (χ4v) is 5.00. The molecule has 174 valence electrons. The minimum Gasteiger partial charge on any atom is -0.497 e. The first kappa shape index (κ1) is 22.1.